The molecule has 4 nitrogen and oxygen atoms in total. The lowest BCUT2D eigenvalue weighted by Gasteiger charge is -2.30. The molecule has 0 aromatic carbocycles. The SMILES string of the molecule is Cc1occc1C(=O)NCC1CCCCC1CN. The highest BCUT2D eigenvalue weighted by molar-refractivity contribution is 5.95. The number of hydrogen-bond acceptors (Lipinski definition) is 3. The first kappa shape index (κ1) is 13.1. The van der Waals surface area contributed by atoms with Crippen LogP contribution < -0.4 is 11.1 Å². The second kappa shape index (κ2) is 6.05. The molecule has 0 saturated heterocycles. The molecule has 1 aromatic heterocycles. The van der Waals surface area contributed by atoms with Crippen molar-refractivity contribution in [2.75, 3.05) is 13.1 Å². The number of hydrogen-bond donors (Lipinski definition) is 2. The molecule has 0 aliphatic heterocycles. The average molecular weight is 250 g/mol. The molecule has 1 aromatic rings. The number of nitrogens with two attached hydrogens (primary N) is 1. The van der Waals surface area contributed by atoms with E-state index in [-0.39, 0.29) is 5.91 Å². The number of furan rings is 1. The van der Waals surface area contributed by atoms with Gasteiger partial charge in [0.05, 0.1) is 11.8 Å². The van der Waals surface area contributed by atoms with Crippen molar-refractivity contribution in [3.63, 3.8) is 0 Å². The van der Waals surface area contributed by atoms with E-state index in [4.69, 9.17) is 10.2 Å². The molecule has 2 unspecified atom stereocenters. The zero-order valence-corrected chi connectivity index (χ0v) is 10.9. The average Bonchev–Trinajstić information content (AvgIpc) is 2.82. The van der Waals surface area contributed by atoms with Gasteiger partial charge in [0.25, 0.3) is 5.91 Å². The summed E-state index contributed by atoms with van der Waals surface area (Å²) in [5, 5.41) is 3.01. The van der Waals surface area contributed by atoms with Crippen molar-refractivity contribution >= 4 is 5.91 Å². The van der Waals surface area contributed by atoms with E-state index in [1.165, 1.54) is 25.7 Å². The van der Waals surface area contributed by atoms with E-state index in [1.54, 1.807) is 19.3 Å². The molecule has 0 radical (unpaired) electrons. The molecule has 18 heavy (non-hydrogen) atoms. The Labute approximate surface area is 108 Å². The first-order chi connectivity index (χ1) is 8.72. The zero-order chi connectivity index (χ0) is 13.0. The van der Waals surface area contributed by atoms with Gasteiger partial charge in [-0.2, -0.15) is 0 Å². The highest BCUT2D eigenvalue weighted by Crippen LogP contribution is 2.28. The summed E-state index contributed by atoms with van der Waals surface area (Å²) in [5.41, 5.74) is 6.43. The van der Waals surface area contributed by atoms with E-state index in [1.807, 2.05) is 0 Å². The van der Waals surface area contributed by atoms with Crippen molar-refractivity contribution in [1.29, 1.82) is 0 Å². The number of rotatable bonds is 4. The molecule has 0 bridgehead atoms. The van der Waals surface area contributed by atoms with Crippen molar-refractivity contribution in [3.8, 4) is 0 Å². The van der Waals surface area contributed by atoms with Crippen LogP contribution in [0, 0.1) is 18.8 Å². The predicted molar refractivity (Wildman–Crippen MR) is 70.3 cm³/mol. The molecule has 3 N–H and O–H groups in total. The lowest BCUT2D eigenvalue weighted by molar-refractivity contribution is 0.0933. The van der Waals surface area contributed by atoms with Crippen LogP contribution in [0.3, 0.4) is 0 Å². The third-order valence-corrected chi connectivity index (χ3v) is 4.00. The molecule has 1 amide bonds. The molecule has 1 saturated carbocycles. The van der Waals surface area contributed by atoms with E-state index in [0.717, 1.165) is 13.1 Å². The van der Waals surface area contributed by atoms with Crippen molar-refractivity contribution in [1.82, 2.24) is 5.32 Å². The minimum Gasteiger partial charge on any atom is -0.469 e. The van der Waals surface area contributed by atoms with Gasteiger partial charge < -0.3 is 15.5 Å². The van der Waals surface area contributed by atoms with Crippen LogP contribution in [-0.4, -0.2) is 19.0 Å². The molecule has 1 aliphatic rings. The summed E-state index contributed by atoms with van der Waals surface area (Å²) in [5.74, 6) is 1.72. The molecule has 4 heteroatoms. The number of carbonyl (C=O) groups is 1. The Morgan fingerprint density at radius 2 is 2.17 bits per heavy atom. The summed E-state index contributed by atoms with van der Waals surface area (Å²) >= 11 is 0. The minimum absolute atomic E-state index is 0.0393. The Balaban J connectivity index is 1.87. The highest BCUT2D eigenvalue weighted by Gasteiger charge is 2.24. The fourth-order valence-corrected chi connectivity index (χ4v) is 2.80. The van der Waals surface area contributed by atoms with Crippen LogP contribution >= 0.6 is 0 Å². The van der Waals surface area contributed by atoms with Gasteiger partial charge in [-0.1, -0.05) is 12.8 Å². The van der Waals surface area contributed by atoms with Gasteiger partial charge in [-0.15, -0.1) is 0 Å². The molecule has 2 atom stereocenters. The first-order valence-electron chi connectivity index (χ1n) is 6.74. The summed E-state index contributed by atoms with van der Waals surface area (Å²) in [6.45, 7) is 3.26. The van der Waals surface area contributed by atoms with Gasteiger partial charge in [-0.25, -0.2) is 0 Å². The summed E-state index contributed by atoms with van der Waals surface area (Å²) in [7, 11) is 0. The van der Waals surface area contributed by atoms with E-state index in [2.05, 4.69) is 5.32 Å². The fraction of sp³-hybridized carbons (Fsp3) is 0.643. The maximum atomic E-state index is 12.0. The van der Waals surface area contributed by atoms with Crippen LogP contribution in [-0.2, 0) is 0 Å². The summed E-state index contributed by atoms with van der Waals surface area (Å²) in [6, 6.07) is 1.71. The molecular formula is C14H22N2O2. The van der Waals surface area contributed by atoms with Crippen molar-refractivity contribution < 1.29 is 9.21 Å². The molecule has 1 fully saturated rings. The van der Waals surface area contributed by atoms with Gasteiger partial charge in [-0.05, 0) is 44.2 Å². The van der Waals surface area contributed by atoms with Crippen LogP contribution in [0.25, 0.3) is 0 Å². The molecular weight excluding hydrogens is 228 g/mol. The predicted octanol–water partition coefficient (Wildman–Crippen LogP) is 2.08. The van der Waals surface area contributed by atoms with Crippen LogP contribution in [0.1, 0.15) is 41.8 Å². The maximum absolute atomic E-state index is 12.0. The van der Waals surface area contributed by atoms with E-state index >= 15 is 0 Å². The maximum Gasteiger partial charge on any atom is 0.254 e. The molecule has 100 valence electrons. The van der Waals surface area contributed by atoms with Gasteiger partial charge >= 0.3 is 0 Å². The second-order valence-corrected chi connectivity index (χ2v) is 5.14. The van der Waals surface area contributed by atoms with Crippen LogP contribution in [0.4, 0.5) is 0 Å². The van der Waals surface area contributed by atoms with Crippen LogP contribution in [0.15, 0.2) is 16.7 Å². The lowest BCUT2D eigenvalue weighted by Crippen LogP contribution is -2.37. The van der Waals surface area contributed by atoms with E-state index < -0.39 is 0 Å². The minimum atomic E-state index is -0.0393. The molecule has 1 aliphatic carbocycles. The van der Waals surface area contributed by atoms with Gasteiger partial charge in [0.15, 0.2) is 0 Å². The topological polar surface area (TPSA) is 68.3 Å². The Kier molecular flexibility index (Phi) is 4.42. The Bertz CT molecular complexity index is 400. The number of nitrogens with one attached hydrogen (secondary N) is 1. The van der Waals surface area contributed by atoms with Gasteiger partial charge in [0.1, 0.15) is 5.76 Å². The number of amides is 1. The first-order valence-corrected chi connectivity index (χ1v) is 6.74. The standard InChI is InChI=1S/C14H22N2O2/c1-10-13(6-7-18-10)14(17)16-9-12-5-3-2-4-11(12)8-15/h6-7,11-12H,2-5,8-9,15H2,1H3,(H,16,17). The lowest BCUT2D eigenvalue weighted by atomic mass is 9.79. The Morgan fingerprint density at radius 1 is 1.44 bits per heavy atom. The van der Waals surface area contributed by atoms with Crippen molar-refractivity contribution in [2.45, 2.75) is 32.6 Å². The Hall–Kier alpha value is -1.29. The quantitative estimate of drug-likeness (QED) is 0.859. The van der Waals surface area contributed by atoms with Crippen LogP contribution in [0.2, 0.25) is 0 Å². The fourth-order valence-electron chi connectivity index (χ4n) is 2.80. The monoisotopic (exact) mass is 250 g/mol. The van der Waals surface area contributed by atoms with E-state index in [0.29, 0.717) is 23.2 Å². The third-order valence-electron chi connectivity index (χ3n) is 4.00. The molecule has 1 heterocycles. The van der Waals surface area contributed by atoms with Gasteiger partial charge in [0.2, 0.25) is 0 Å². The van der Waals surface area contributed by atoms with Gasteiger partial charge in [-0.3, -0.25) is 4.79 Å². The largest absolute Gasteiger partial charge is 0.469 e. The highest BCUT2D eigenvalue weighted by atomic mass is 16.3. The van der Waals surface area contributed by atoms with E-state index in [9.17, 15) is 4.79 Å². The second-order valence-electron chi connectivity index (χ2n) is 5.14. The van der Waals surface area contributed by atoms with Crippen LogP contribution in [0.5, 0.6) is 0 Å². The summed E-state index contributed by atoms with van der Waals surface area (Å²) in [4.78, 5) is 12.0. The zero-order valence-electron chi connectivity index (χ0n) is 10.9. The smallest absolute Gasteiger partial charge is 0.254 e. The summed E-state index contributed by atoms with van der Waals surface area (Å²) < 4.78 is 5.14. The summed E-state index contributed by atoms with van der Waals surface area (Å²) in [6.07, 6.45) is 6.44. The Morgan fingerprint density at radius 3 is 2.78 bits per heavy atom. The van der Waals surface area contributed by atoms with Crippen molar-refractivity contribution in [3.05, 3.63) is 23.7 Å². The molecule has 0 spiro atoms. The number of aryl methyl sites for hydroxylation is 1. The normalized spacial score (nSPS) is 23.9. The van der Waals surface area contributed by atoms with Gasteiger partial charge in [0, 0.05) is 6.54 Å². The van der Waals surface area contributed by atoms with Crippen molar-refractivity contribution in [2.24, 2.45) is 17.6 Å². The third kappa shape index (κ3) is 2.93. The molecule has 2 rings (SSSR count). The number of carbonyl (C=O) groups excluding carboxylic acids is 1.